The van der Waals surface area contributed by atoms with Crippen molar-refractivity contribution in [3.8, 4) is 6.07 Å². The molecule has 76 valence electrons. The number of ether oxygens (including phenoxy) is 2. The second-order valence-electron chi connectivity index (χ2n) is 3.18. The maximum Gasteiger partial charge on any atom is 0.0704 e. The summed E-state index contributed by atoms with van der Waals surface area (Å²) in [6.07, 6.45) is 1.67. The molecule has 0 spiro atoms. The van der Waals surface area contributed by atoms with E-state index >= 15 is 0 Å². The van der Waals surface area contributed by atoms with Gasteiger partial charge in [-0.2, -0.15) is 5.26 Å². The summed E-state index contributed by atoms with van der Waals surface area (Å²) < 4.78 is 10.7. The molecule has 0 aliphatic rings. The van der Waals surface area contributed by atoms with Gasteiger partial charge >= 0.3 is 0 Å². The minimum Gasteiger partial charge on any atom is -0.376 e. The molecule has 0 amide bonds. The van der Waals surface area contributed by atoms with Crippen LogP contribution in [-0.4, -0.2) is 25.4 Å². The molecular formula is C10H19NO2. The first-order chi connectivity index (χ1) is 6.20. The van der Waals surface area contributed by atoms with Crippen LogP contribution in [0.25, 0.3) is 0 Å². The van der Waals surface area contributed by atoms with Gasteiger partial charge < -0.3 is 9.47 Å². The summed E-state index contributed by atoms with van der Waals surface area (Å²) in [5.41, 5.74) is 0. The molecule has 0 saturated carbocycles. The third kappa shape index (κ3) is 7.76. The largest absolute Gasteiger partial charge is 0.376 e. The molecule has 1 atom stereocenters. The zero-order valence-corrected chi connectivity index (χ0v) is 8.75. The van der Waals surface area contributed by atoms with E-state index in [2.05, 4.69) is 6.07 Å². The monoisotopic (exact) mass is 185 g/mol. The Bertz CT molecular complexity index is 151. The molecule has 0 saturated heterocycles. The van der Waals surface area contributed by atoms with Crippen molar-refractivity contribution in [2.45, 2.75) is 45.8 Å². The standard InChI is InChI=1S/C10H19NO2/c1-4-10(5-6-11)13-8-7-12-9(2)3/h9-10H,4-5,7-8H2,1-3H3. The van der Waals surface area contributed by atoms with Gasteiger partial charge in [0.1, 0.15) is 0 Å². The summed E-state index contributed by atoms with van der Waals surface area (Å²) in [5, 5.41) is 8.45. The molecule has 0 N–H and O–H groups in total. The van der Waals surface area contributed by atoms with Crippen LogP contribution >= 0.6 is 0 Å². The summed E-state index contributed by atoms with van der Waals surface area (Å²) in [6.45, 7) is 7.20. The van der Waals surface area contributed by atoms with E-state index in [9.17, 15) is 0 Å². The van der Waals surface area contributed by atoms with Gasteiger partial charge in [0.2, 0.25) is 0 Å². The van der Waals surface area contributed by atoms with E-state index in [1.54, 1.807) is 0 Å². The van der Waals surface area contributed by atoms with Gasteiger partial charge in [0.05, 0.1) is 37.9 Å². The molecule has 0 rings (SSSR count). The van der Waals surface area contributed by atoms with Crippen LogP contribution in [0.15, 0.2) is 0 Å². The lowest BCUT2D eigenvalue weighted by Crippen LogP contribution is -2.16. The highest BCUT2D eigenvalue weighted by Crippen LogP contribution is 2.02. The third-order valence-corrected chi connectivity index (χ3v) is 1.66. The predicted molar refractivity (Wildman–Crippen MR) is 51.3 cm³/mol. The number of hydrogen-bond donors (Lipinski definition) is 0. The van der Waals surface area contributed by atoms with E-state index in [0.717, 1.165) is 6.42 Å². The van der Waals surface area contributed by atoms with Crippen LogP contribution in [-0.2, 0) is 9.47 Å². The summed E-state index contributed by atoms with van der Waals surface area (Å²) >= 11 is 0. The van der Waals surface area contributed by atoms with Gasteiger partial charge in [0.25, 0.3) is 0 Å². The van der Waals surface area contributed by atoms with Crippen molar-refractivity contribution >= 4 is 0 Å². The molecule has 13 heavy (non-hydrogen) atoms. The summed E-state index contributed by atoms with van der Waals surface area (Å²) in [5.74, 6) is 0. The Kier molecular flexibility index (Phi) is 7.66. The van der Waals surface area contributed by atoms with Crippen molar-refractivity contribution in [3.05, 3.63) is 0 Å². The van der Waals surface area contributed by atoms with Gasteiger partial charge in [0.15, 0.2) is 0 Å². The maximum atomic E-state index is 8.45. The number of nitriles is 1. The molecule has 3 nitrogen and oxygen atoms in total. The van der Waals surface area contributed by atoms with Gasteiger partial charge in [-0.1, -0.05) is 6.92 Å². The zero-order chi connectivity index (χ0) is 10.1. The van der Waals surface area contributed by atoms with Crippen molar-refractivity contribution < 1.29 is 9.47 Å². The van der Waals surface area contributed by atoms with Crippen molar-refractivity contribution in [1.29, 1.82) is 5.26 Å². The second kappa shape index (κ2) is 8.03. The summed E-state index contributed by atoms with van der Waals surface area (Å²) in [4.78, 5) is 0. The molecule has 0 aromatic rings. The Balaban J connectivity index is 3.34. The number of hydrogen-bond acceptors (Lipinski definition) is 3. The van der Waals surface area contributed by atoms with Crippen LogP contribution in [0.3, 0.4) is 0 Å². The van der Waals surface area contributed by atoms with Crippen LogP contribution in [0.5, 0.6) is 0 Å². The van der Waals surface area contributed by atoms with Gasteiger partial charge in [-0.3, -0.25) is 0 Å². The fourth-order valence-corrected chi connectivity index (χ4v) is 0.922. The van der Waals surface area contributed by atoms with Gasteiger partial charge in [-0.25, -0.2) is 0 Å². The molecule has 0 radical (unpaired) electrons. The topological polar surface area (TPSA) is 42.2 Å². The first kappa shape index (κ1) is 12.4. The second-order valence-corrected chi connectivity index (χ2v) is 3.18. The first-order valence-corrected chi connectivity index (χ1v) is 4.80. The fourth-order valence-electron chi connectivity index (χ4n) is 0.922. The van der Waals surface area contributed by atoms with Crippen LogP contribution in [0.2, 0.25) is 0 Å². The molecule has 3 heteroatoms. The van der Waals surface area contributed by atoms with Crippen molar-refractivity contribution in [2.24, 2.45) is 0 Å². The molecule has 0 aromatic heterocycles. The van der Waals surface area contributed by atoms with Gasteiger partial charge in [-0.05, 0) is 20.3 Å². The quantitative estimate of drug-likeness (QED) is 0.570. The van der Waals surface area contributed by atoms with Crippen LogP contribution in [0.1, 0.15) is 33.6 Å². The summed E-state index contributed by atoms with van der Waals surface area (Å²) in [7, 11) is 0. The Morgan fingerprint density at radius 2 is 1.85 bits per heavy atom. The van der Waals surface area contributed by atoms with Crippen LogP contribution < -0.4 is 0 Å². The molecule has 0 aliphatic carbocycles. The Morgan fingerprint density at radius 1 is 1.23 bits per heavy atom. The smallest absolute Gasteiger partial charge is 0.0704 e. The highest BCUT2D eigenvalue weighted by atomic mass is 16.5. The molecule has 0 heterocycles. The van der Waals surface area contributed by atoms with Crippen molar-refractivity contribution in [1.82, 2.24) is 0 Å². The third-order valence-electron chi connectivity index (χ3n) is 1.66. The van der Waals surface area contributed by atoms with E-state index in [1.807, 2.05) is 20.8 Å². The van der Waals surface area contributed by atoms with E-state index in [4.69, 9.17) is 14.7 Å². The van der Waals surface area contributed by atoms with E-state index in [-0.39, 0.29) is 12.2 Å². The Morgan fingerprint density at radius 3 is 2.31 bits per heavy atom. The average molecular weight is 185 g/mol. The van der Waals surface area contributed by atoms with E-state index in [1.165, 1.54) is 0 Å². The van der Waals surface area contributed by atoms with Crippen LogP contribution in [0.4, 0.5) is 0 Å². The Labute approximate surface area is 80.6 Å². The average Bonchev–Trinajstić information content (AvgIpc) is 2.10. The molecule has 0 bridgehead atoms. The molecule has 0 fully saturated rings. The van der Waals surface area contributed by atoms with E-state index < -0.39 is 0 Å². The number of rotatable bonds is 7. The SMILES string of the molecule is CCC(CC#N)OCCOC(C)C. The van der Waals surface area contributed by atoms with Crippen molar-refractivity contribution in [3.63, 3.8) is 0 Å². The molecule has 0 aromatic carbocycles. The maximum absolute atomic E-state index is 8.45. The normalized spacial score (nSPS) is 12.8. The first-order valence-electron chi connectivity index (χ1n) is 4.80. The van der Waals surface area contributed by atoms with Gasteiger partial charge in [0, 0.05) is 0 Å². The highest BCUT2D eigenvalue weighted by molar-refractivity contribution is 4.75. The minimum atomic E-state index is 0.0702. The summed E-state index contributed by atoms with van der Waals surface area (Å²) in [6, 6.07) is 2.10. The van der Waals surface area contributed by atoms with Crippen molar-refractivity contribution in [2.75, 3.05) is 13.2 Å². The number of nitrogens with zero attached hydrogens (tertiary/aromatic N) is 1. The lowest BCUT2D eigenvalue weighted by Gasteiger charge is -2.13. The zero-order valence-electron chi connectivity index (χ0n) is 8.75. The lowest BCUT2D eigenvalue weighted by molar-refractivity contribution is -0.0119. The van der Waals surface area contributed by atoms with E-state index in [0.29, 0.717) is 19.6 Å². The predicted octanol–water partition coefficient (Wildman–Crippen LogP) is 2.12. The Hall–Kier alpha value is -0.590. The highest BCUT2D eigenvalue weighted by Gasteiger charge is 2.04. The fraction of sp³-hybridized carbons (Fsp3) is 0.900. The minimum absolute atomic E-state index is 0.0702. The lowest BCUT2D eigenvalue weighted by atomic mass is 10.2. The molecular weight excluding hydrogens is 166 g/mol. The van der Waals surface area contributed by atoms with Crippen LogP contribution in [0, 0.1) is 11.3 Å². The van der Waals surface area contributed by atoms with Gasteiger partial charge in [-0.15, -0.1) is 0 Å². The molecule has 1 unspecified atom stereocenters. The molecule has 0 aliphatic heterocycles.